The largest absolute Gasteiger partial charge is 0.492 e. The van der Waals surface area contributed by atoms with E-state index in [4.69, 9.17) is 4.74 Å². The number of hydrogen-bond donors (Lipinski definition) is 1. The molecule has 9 nitrogen and oxygen atoms in total. The summed E-state index contributed by atoms with van der Waals surface area (Å²) in [6.07, 6.45) is 1.55. The Morgan fingerprint density at radius 2 is 1.73 bits per heavy atom. The first-order chi connectivity index (χ1) is 15.6. The molecule has 3 rings (SSSR count). The van der Waals surface area contributed by atoms with Gasteiger partial charge in [-0.05, 0) is 49.7 Å². The number of carbonyl (C=O) groups excluding carboxylic acids is 3. The number of imide groups is 1. The van der Waals surface area contributed by atoms with Crippen molar-refractivity contribution in [2.24, 2.45) is 0 Å². The topological polar surface area (TPSA) is 113 Å². The van der Waals surface area contributed by atoms with Gasteiger partial charge in [0.1, 0.15) is 10.6 Å². The van der Waals surface area contributed by atoms with Crippen LogP contribution in [0.5, 0.6) is 5.75 Å². The van der Waals surface area contributed by atoms with Gasteiger partial charge in [-0.25, -0.2) is 12.7 Å². The maximum absolute atomic E-state index is 12.8. The first kappa shape index (κ1) is 24.4. The van der Waals surface area contributed by atoms with Crippen molar-refractivity contribution in [3.63, 3.8) is 0 Å². The first-order valence-corrected chi connectivity index (χ1v) is 12.1. The summed E-state index contributed by atoms with van der Waals surface area (Å²) in [5, 5.41) is 2.65. The summed E-state index contributed by atoms with van der Waals surface area (Å²) < 4.78 is 31.9. The van der Waals surface area contributed by atoms with Crippen molar-refractivity contribution >= 4 is 33.4 Å². The van der Waals surface area contributed by atoms with E-state index in [1.807, 2.05) is 6.92 Å². The normalized spacial score (nSPS) is 13.4. The second-order valence-electron chi connectivity index (χ2n) is 7.71. The zero-order chi connectivity index (χ0) is 24.3. The molecule has 0 aromatic heterocycles. The minimum absolute atomic E-state index is 0.0755. The summed E-state index contributed by atoms with van der Waals surface area (Å²) in [5.41, 5.74) is 0.883. The number of hydrogen-bond acceptors (Lipinski definition) is 6. The maximum atomic E-state index is 12.8. The highest BCUT2D eigenvalue weighted by molar-refractivity contribution is 7.89. The lowest BCUT2D eigenvalue weighted by Crippen LogP contribution is -2.30. The van der Waals surface area contributed by atoms with Crippen LogP contribution < -0.4 is 10.1 Å². The standard InChI is InChI=1S/C23H27N3O6S/c1-5-7-12-26-22(28)17-10-8-15(13-18(17)23(26)29)21(27)24-16-9-11-19(32-6-2)20(14-16)33(30,31)25(3)4/h8-11,13-14H,5-7,12H2,1-4H3,(H,24,27). The van der Waals surface area contributed by atoms with Crippen LogP contribution in [0, 0.1) is 0 Å². The van der Waals surface area contributed by atoms with Crippen molar-refractivity contribution in [2.75, 3.05) is 32.6 Å². The monoisotopic (exact) mass is 473 g/mol. The van der Waals surface area contributed by atoms with Crippen LogP contribution in [0.3, 0.4) is 0 Å². The van der Waals surface area contributed by atoms with Crippen LogP contribution in [0.1, 0.15) is 57.8 Å². The Hall–Kier alpha value is -3.24. The van der Waals surface area contributed by atoms with Gasteiger partial charge in [0.05, 0.1) is 17.7 Å². The van der Waals surface area contributed by atoms with Crippen molar-refractivity contribution in [3.8, 4) is 5.75 Å². The molecule has 0 unspecified atom stereocenters. The summed E-state index contributed by atoms with van der Waals surface area (Å²) in [5.74, 6) is -1.14. The van der Waals surface area contributed by atoms with Gasteiger partial charge in [-0.3, -0.25) is 19.3 Å². The minimum atomic E-state index is -3.82. The summed E-state index contributed by atoms with van der Waals surface area (Å²) >= 11 is 0. The van der Waals surface area contributed by atoms with Gasteiger partial charge >= 0.3 is 0 Å². The lowest BCUT2D eigenvalue weighted by Gasteiger charge is -2.16. The molecule has 176 valence electrons. The number of rotatable bonds is 9. The molecule has 0 bridgehead atoms. The van der Waals surface area contributed by atoms with E-state index in [2.05, 4.69) is 5.32 Å². The maximum Gasteiger partial charge on any atom is 0.261 e. The number of benzene rings is 2. The minimum Gasteiger partial charge on any atom is -0.492 e. The van der Waals surface area contributed by atoms with Crippen molar-refractivity contribution in [1.29, 1.82) is 0 Å². The van der Waals surface area contributed by atoms with Gasteiger partial charge in [0.2, 0.25) is 10.0 Å². The smallest absolute Gasteiger partial charge is 0.261 e. The van der Waals surface area contributed by atoms with Crippen LogP contribution in [-0.4, -0.2) is 62.6 Å². The number of carbonyl (C=O) groups is 3. The molecular weight excluding hydrogens is 446 g/mol. The van der Waals surface area contributed by atoms with Gasteiger partial charge < -0.3 is 10.1 Å². The molecule has 0 atom stereocenters. The SMILES string of the molecule is CCCCN1C(=O)c2ccc(C(=O)Nc3ccc(OCC)c(S(=O)(=O)N(C)C)c3)cc2C1=O. The molecule has 1 aliphatic rings. The van der Waals surface area contributed by atoms with Crippen LogP contribution in [0.15, 0.2) is 41.3 Å². The van der Waals surface area contributed by atoms with E-state index in [9.17, 15) is 22.8 Å². The van der Waals surface area contributed by atoms with Crippen LogP contribution in [0.25, 0.3) is 0 Å². The Balaban J connectivity index is 1.88. The van der Waals surface area contributed by atoms with Crippen LogP contribution in [-0.2, 0) is 10.0 Å². The lowest BCUT2D eigenvalue weighted by molar-refractivity contribution is 0.0652. The molecule has 1 heterocycles. The van der Waals surface area contributed by atoms with Gasteiger partial charge in [0.15, 0.2) is 0 Å². The molecule has 3 amide bonds. The highest BCUT2D eigenvalue weighted by Gasteiger charge is 2.35. The molecule has 0 fully saturated rings. The average molecular weight is 474 g/mol. The van der Waals surface area contributed by atoms with Gasteiger partial charge in [-0.15, -0.1) is 0 Å². The third kappa shape index (κ3) is 4.76. The number of nitrogens with zero attached hydrogens (tertiary/aromatic N) is 2. The molecule has 0 radical (unpaired) electrons. The zero-order valence-electron chi connectivity index (χ0n) is 19.0. The van der Waals surface area contributed by atoms with Gasteiger partial charge in [0, 0.05) is 31.9 Å². The average Bonchev–Trinajstić information content (AvgIpc) is 3.02. The number of ether oxygens (including phenoxy) is 1. The summed E-state index contributed by atoms with van der Waals surface area (Å²) in [7, 11) is -1.01. The number of sulfonamides is 1. The number of nitrogens with one attached hydrogen (secondary N) is 1. The van der Waals surface area contributed by atoms with E-state index in [0.29, 0.717) is 13.0 Å². The number of fused-ring (bicyclic) bond motifs is 1. The Morgan fingerprint density at radius 3 is 2.36 bits per heavy atom. The number of anilines is 1. The third-order valence-electron chi connectivity index (χ3n) is 5.23. The molecule has 1 N–H and O–H groups in total. The molecule has 1 aliphatic heterocycles. The Morgan fingerprint density at radius 1 is 1.03 bits per heavy atom. The number of unbranched alkanes of at least 4 members (excludes halogenated alkanes) is 1. The van der Waals surface area contributed by atoms with E-state index in [-0.39, 0.29) is 45.5 Å². The Bertz CT molecular complexity index is 1210. The van der Waals surface area contributed by atoms with Gasteiger partial charge in [-0.1, -0.05) is 13.3 Å². The van der Waals surface area contributed by atoms with Crippen molar-refractivity contribution in [1.82, 2.24) is 9.21 Å². The van der Waals surface area contributed by atoms with Crippen molar-refractivity contribution < 1.29 is 27.5 Å². The summed E-state index contributed by atoms with van der Waals surface area (Å²) in [6, 6.07) is 8.67. The highest BCUT2D eigenvalue weighted by atomic mass is 32.2. The van der Waals surface area contributed by atoms with Gasteiger partial charge in [0.25, 0.3) is 17.7 Å². The third-order valence-corrected chi connectivity index (χ3v) is 7.06. The second kappa shape index (κ2) is 9.72. The van der Waals surface area contributed by atoms with E-state index in [1.165, 1.54) is 55.4 Å². The fourth-order valence-corrected chi connectivity index (χ4v) is 4.46. The lowest BCUT2D eigenvalue weighted by atomic mass is 10.1. The molecule has 2 aromatic rings. The van der Waals surface area contributed by atoms with Crippen LogP contribution >= 0.6 is 0 Å². The first-order valence-electron chi connectivity index (χ1n) is 10.6. The Kier molecular flexibility index (Phi) is 7.19. The molecular formula is C23H27N3O6S. The van der Waals surface area contributed by atoms with E-state index in [0.717, 1.165) is 10.7 Å². The summed E-state index contributed by atoms with van der Waals surface area (Å²) in [4.78, 5) is 39.1. The molecule has 0 saturated heterocycles. The molecule has 0 aliphatic carbocycles. The predicted molar refractivity (Wildman–Crippen MR) is 123 cm³/mol. The van der Waals surface area contributed by atoms with Gasteiger partial charge in [-0.2, -0.15) is 0 Å². The molecule has 10 heteroatoms. The molecule has 0 saturated carbocycles. The van der Waals surface area contributed by atoms with Crippen LogP contribution in [0.4, 0.5) is 5.69 Å². The van der Waals surface area contributed by atoms with Crippen LogP contribution in [0.2, 0.25) is 0 Å². The highest BCUT2D eigenvalue weighted by Crippen LogP contribution is 2.30. The fourth-order valence-electron chi connectivity index (χ4n) is 3.41. The fraction of sp³-hybridized carbons (Fsp3) is 0.348. The zero-order valence-corrected chi connectivity index (χ0v) is 19.9. The quantitative estimate of drug-likeness (QED) is 0.560. The van der Waals surface area contributed by atoms with E-state index < -0.39 is 21.8 Å². The Labute approximate surface area is 193 Å². The second-order valence-corrected chi connectivity index (χ2v) is 9.83. The predicted octanol–water partition coefficient (Wildman–Crippen LogP) is 2.98. The van der Waals surface area contributed by atoms with E-state index in [1.54, 1.807) is 6.92 Å². The molecule has 2 aromatic carbocycles. The molecule has 0 spiro atoms. The number of amides is 3. The summed E-state index contributed by atoms with van der Waals surface area (Å²) in [6.45, 7) is 4.32. The molecule has 33 heavy (non-hydrogen) atoms. The van der Waals surface area contributed by atoms with Crippen molar-refractivity contribution in [3.05, 3.63) is 53.1 Å². The van der Waals surface area contributed by atoms with E-state index >= 15 is 0 Å². The van der Waals surface area contributed by atoms with Crippen molar-refractivity contribution in [2.45, 2.75) is 31.6 Å².